The summed E-state index contributed by atoms with van der Waals surface area (Å²) < 4.78 is 11.8. The largest absolute Gasteiger partial charge is 0.465 e. The van der Waals surface area contributed by atoms with Gasteiger partial charge in [-0.1, -0.05) is 6.07 Å². The van der Waals surface area contributed by atoms with Gasteiger partial charge in [-0.25, -0.2) is 0 Å². The number of furan rings is 1. The van der Waals surface area contributed by atoms with Gasteiger partial charge in [-0.15, -0.1) is 0 Å². The number of rotatable bonds is 5. The average molecular weight is 355 g/mol. The van der Waals surface area contributed by atoms with Crippen LogP contribution < -0.4 is 5.32 Å². The number of hydrogen-bond donors (Lipinski definition) is 1. The summed E-state index contributed by atoms with van der Waals surface area (Å²) in [5.41, 5.74) is 0.996. The van der Waals surface area contributed by atoms with E-state index in [9.17, 15) is 4.79 Å². The van der Waals surface area contributed by atoms with Gasteiger partial charge < -0.3 is 14.5 Å². The molecule has 0 aromatic carbocycles. The molecule has 2 aliphatic heterocycles. The van der Waals surface area contributed by atoms with Crippen molar-refractivity contribution in [2.45, 2.75) is 57.5 Å². The van der Waals surface area contributed by atoms with E-state index in [4.69, 9.17) is 9.15 Å². The number of nitrogens with one attached hydrogen (secondary N) is 1. The van der Waals surface area contributed by atoms with Crippen LogP contribution in [0.1, 0.15) is 36.3 Å². The number of carbonyl (C=O) groups excluding carboxylic acids is 1. The molecule has 4 heterocycles. The molecule has 0 aliphatic carbocycles. The highest BCUT2D eigenvalue weighted by atomic mass is 16.5. The molecule has 0 spiro atoms. The average Bonchev–Trinajstić information content (AvgIpc) is 3.26. The highest BCUT2D eigenvalue weighted by Gasteiger charge is 2.41. The summed E-state index contributed by atoms with van der Waals surface area (Å²) in [6.45, 7) is 4.26. The first kappa shape index (κ1) is 17.2. The lowest BCUT2D eigenvalue weighted by atomic mass is 9.98. The van der Waals surface area contributed by atoms with Crippen LogP contribution in [0.3, 0.4) is 0 Å². The minimum atomic E-state index is -0.348. The van der Waals surface area contributed by atoms with Crippen LogP contribution in [-0.2, 0) is 22.6 Å². The van der Waals surface area contributed by atoms with Crippen LogP contribution in [0.25, 0.3) is 0 Å². The first-order valence-corrected chi connectivity index (χ1v) is 9.30. The van der Waals surface area contributed by atoms with Gasteiger partial charge in [0.25, 0.3) is 0 Å². The molecule has 2 aliphatic rings. The third kappa shape index (κ3) is 3.81. The van der Waals surface area contributed by atoms with Crippen LogP contribution in [0, 0.1) is 6.92 Å². The fourth-order valence-electron chi connectivity index (χ4n) is 3.98. The molecule has 2 saturated heterocycles. The van der Waals surface area contributed by atoms with Gasteiger partial charge in [0, 0.05) is 31.5 Å². The van der Waals surface area contributed by atoms with Crippen LogP contribution in [0.2, 0.25) is 0 Å². The highest BCUT2D eigenvalue weighted by Crippen LogP contribution is 2.32. The number of nitrogens with zero attached hydrogens (tertiary/aromatic N) is 2. The van der Waals surface area contributed by atoms with Gasteiger partial charge in [0.1, 0.15) is 17.6 Å². The Morgan fingerprint density at radius 2 is 2.23 bits per heavy atom. The van der Waals surface area contributed by atoms with Crippen LogP contribution in [0.4, 0.5) is 0 Å². The molecule has 3 atom stereocenters. The molecular weight excluding hydrogens is 330 g/mol. The van der Waals surface area contributed by atoms with Gasteiger partial charge in [-0.2, -0.15) is 0 Å². The summed E-state index contributed by atoms with van der Waals surface area (Å²) in [7, 11) is 0. The number of fused-ring (bicyclic) bond motifs is 1. The highest BCUT2D eigenvalue weighted by molar-refractivity contribution is 5.80. The topological polar surface area (TPSA) is 67.6 Å². The molecule has 1 amide bonds. The Morgan fingerprint density at radius 1 is 1.31 bits per heavy atom. The van der Waals surface area contributed by atoms with Gasteiger partial charge in [0.05, 0.1) is 12.6 Å². The molecule has 0 radical (unpaired) electrons. The Balaban J connectivity index is 1.29. The Morgan fingerprint density at radius 3 is 3.00 bits per heavy atom. The van der Waals surface area contributed by atoms with Crippen molar-refractivity contribution in [3.8, 4) is 0 Å². The molecule has 2 fully saturated rings. The molecular formula is C20H25N3O3. The lowest BCUT2D eigenvalue weighted by molar-refractivity contribution is -0.144. The Hall–Kier alpha value is -2.18. The summed E-state index contributed by atoms with van der Waals surface area (Å²) >= 11 is 0. The molecule has 1 N–H and O–H groups in total. The Bertz CT molecular complexity index is 746. The summed E-state index contributed by atoms with van der Waals surface area (Å²) in [5.74, 6) is 1.92. The normalized spacial score (nSPS) is 25.8. The van der Waals surface area contributed by atoms with Gasteiger partial charge in [0.2, 0.25) is 5.91 Å². The van der Waals surface area contributed by atoms with Crippen molar-refractivity contribution >= 4 is 5.91 Å². The van der Waals surface area contributed by atoms with Crippen LogP contribution >= 0.6 is 0 Å². The van der Waals surface area contributed by atoms with E-state index in [2.05, 4.69) is 15.2 Å². The first-order valence-electron chi connectivity index (χ1n) is 9.30. The van der Waals surface area contributed by atoms with Crippen molar-refractivity contribution < 1.29 is 13.9 Å². The number of pyridine rings is 1. The minimum absolute atomic E-state index is 0.0209. The quantitative estimate of drug-likeness (QED) is 0.892. The third-order valence-electron chi connectivity index (χ3n) is 5.30. The van der Waals surface area contributed by atoms with Crippen LogP contribution in [-0.4, -0.2) is 40.6 Å². The minimum Gasteiger partial charge on any atom is -0.465 e. The fourth-order valence-corrected chi connectivity index (χ4v) is 3.98. The van der Waals surface area contributed by atoms with E-state index >= 15 is 0 Å². The maximum Gasteiger partial charge on any atom is 0.249 e. The zero-order valence-electron chi connectivity index (χ0n) is 15.1. The van der Waals surface area contributed by atoms with Gasteiger partial charge in [-0.05, 0) is 49.9 Å². The zero-order valence-corrected chi connectivity index (χ0v) is 15.1. The monoisotopic (exact) mass is 355 g/mol. The van der Waals surface area contributed by atoms with Gasteiger partial charge in [-0.3, -0.25) is 14.7 Å². The number of likely N-dealkylation sites (tertiary alicyclic amines) is 1. The van der Waals surface area contributed by atoms with Crippen molar-refractivity contribution in [2.24, 2.45) is 0 Å². The number of aromatic nitrogens is 1. The Kier molecular flexibility index (Phi) is 5.04. The molecule has 0 unspecified atom stereocenters. The second-order valence-electron chi connectivity index (χ2n) is 7.16. The van der Waals surface area contributed by atoms with E-state index in [0.717, 1.165) is 49.4 Å². The maximum absolute atomic E-state index is 12.5. The number of amides is 1. The summed E-state index contributed by atoms with van der Waals surface area (Å²) in [5, 5.41) is 2.97. The molecule has 26 heavy (non-hydrogen) atoms. The second kappa shape index (κ2) is 7.60. The molecule has 6 heteroatoms. The van der Waals surface area contributed by atoms with Crippen molar-refractivity contribution in [1.82, 2.24) is 15.2 Å². The molecule has 0 saturated carbocycles. The number of ether oxygens (including phenoxy) is 1. The van der Waals surface area contributed by atoms with Crippen molar-refractivity contribution in [2.75, 3.05) is 6.54 Å². The molecule has 138 valence electrons. The predicted octanol–water partition coefficient (Wildman–Crippen LogP) is 2.42. The summed E-state index contributed by atoms with van der Waals surface area (Å²) in [4.78, 5) is 18.9. The molecule has 2 aromatic heterocycles. The van der Waals surface area contributed by atoms with E-state index in [1.165, 1.54) is 0 Å². The lowest BCUT2D eigenvalue weighted by Gasteiger charge is -2.35. The van der Waals surface area contributed by atoms with Crippen molar-refractivity contribution in [3.05, 3.63) is 53.7 Å². The van der Waals surface area contributed by atoms with Gasteiger partial charge >= 0.3 is 0 Å². The van der Waals surface area contributed by atoms with E-state index in [0.29, 0.717) is 12.6 Å². The van der Waals surface area contributed by atoms with E-state index in [1.807, 2.05) is 31.2 Å². The third-order valence-corrected chi connectivity index (χ3v) is 5.30. The lowest BCUT2D eigenvalue weighted by Crippen LogP contribution is -2.47. The smallest absolute Gasteiger partial charge is 0.249 e. The Labute approximate surface area is 153 Å². The van der Waals surface area contributed by atoms with E-state index < -0.39 is 0 Å². The molecule has 4 rings (SSSR count). The number of aryl methyl sites for hydroxylation is 1. The summed E-state index contributed by atoms with van der Waals surface area (Å²) in [6, 6.07) is 8.25. The van der Waals surface area contributed by atoms with Gasteiger partial charge in [0.15, 0.2) is 0 Å². The van der Waals surface area contributed by atoms with Crippen LogP contribution in [0.15, 0.2) is 41.1 Å². The molecule has 0 bridgehead atoms. The SMILES string of the molecule is Cc1ccc(CN2CC[C@@H]3O[C@@H](C(=O)NCc4cccnc4)CC[C@@H]32)o1. The fraction of sp³-hybridized carbons (Fsp3) is 0.500. The molecule has 2 aromatic rings. The number of hydrogen-bond acceptors (Lipinski definition) is 5. The second-order valence-corrected chi connectivity index (χ2v) is 7.16. The first-order chi connectivity index (χ1) is 12.7. The maximum atomic E-state index is 12.5. The molecule has 6 nitrogen and oxygen atoms in total. The summed E-state index contributed by atoms with van der Waals surface area (Å²) in [6.07, 6.45) is 5.99. The predicted molar refractivity (Wildman–Crippen MR) is 96.2 cm³/mol. The standard InChI is InChI=1S/C20H25N3O3/c1-14-4-5-16(25-14)13-23-10-8-18-17(23)6-7-19(26-18)20(24)22-12-15-3-2-9-21-11-15/h2-5,9,11,17-19H,6-8,10,12-13H2,1H3,(H,22,24)/t17-,18-,19+/m0/s1. The van der Waals surface area contributed by atoms with E-state index in [-0.39, 0.29) is 18.1 Å². The zero-order chi connectivity index (χ0) is 17.9. The van der Waals surface area contributed by atoms with Crippen molar-refractivity contribution in [1.29, 1.82) is 0 Å². The van der Waals surface area contributed by atoms with Crippen LogP contribution in [0.5, 0.6) is 0 Å². The van der Waals surface area contributed by atoms with Crippen molar-refractivity contribution in [3.63, 3.8) is 0 Å². The number of carbonyl (C=O) groups is 1. The van der Waals surface area contributed by atoms with E-state index in [1.54, 1.807) is 12.4 Å².